The molecular formula is C9H13ClO. The fourth-order valence-electron chi connectivity index (χ4n) is 0.793. The van der Waals surface area contributed by atoms with Crippen molar-refractivity contribution in [2.24, 2.45) is 0 Å². The Morgan fingerprint density at radius 2 is 2.09 bits per heavy atom. The fraction of sp³-hybridized carbons (Fsp3) is 0.667. The van der Waals surface area contributed by atoms with Crippen molar-refractivity contribution in [1.82, 2.24) is 0 Å². The third-order valence-corrected chi connectivity index (χ3v) is 1.72. The molecule has 0 bridgehead atoms. The molecule has 0 N–H and O–H groups in total. The molecular weight excluding hydrogens is 160 g/mol. The molecule has 0 saturated carbocycles. The first kappa shape index (κ1) is 10.5. The summed E-state index contributed by atoms with van der Waals surface area (Å²) in [5.41, 5.74) is 0. The molecule has 0 spiro atoms. The molecule has 0 rings (SSSR count). The van der Waals surface area contributed by atoms with Crippen molar-refractivity contribution in [3.8, 4) is 12.3 Å². The van der Waals surface area contributed by atoms with E-state index < -0.39 is 0 Å². The number of Topliss-reactive ketones (excluding diaryl/α,β-unsaturated/α-hetero) is 1. The summed E-state index contributed by atoms with van der Waals surface area (Å²) in [6.07, 6.45) is 9.46. The largest absolute Gasteiger partial charge is 0.298 e. The standard InChI is InChI=1S/C9H13ClO/c1-2-3-4-5-6-7-9(11)8-10/h1H,3-8H2. The number of carbonyl (C=O) groups excluding carboxylic acids is 1. The second-order valence-corrected chi connectivity index (χ2v) is 2.70. The molecule has 2 heteroatoms. The van der Waals surface area contributed by atoms with Crippen LogP contribution in [0.1, 0.15) is 32.1 Å². The van der Waals surface area contributed by atoms with Crippen molar-refractivity contribution in [3.05, 3.63) is 0 Å². The maximum absolute atomic E-state index is 10.7. The smallest absolute Gasteiger partial charge is 0.147 e. The molecule has 0 amide bonds. The summed E-state index contributed by atoms with van der Waals surface area (Å²) in [7, 11) is 0. The van der Waals surface area contributed by atoms with Crippen LogP contribution in [0.3, 0.4) is 0 Å². The average Bonchev–Trinajstić information content (AvgIpc) is 2.04. The first-order valence-electron chi connectivity index (χ1n) is 3.82. The summed E-state index contributed by atoms with van der Waals surface area (Å²) in [6, 6.07) is 0. The van der Waals surface area contributed by atoms with Gasteiger partial charge in [0.25, 0.3) is 0 Å². The fourth-order valence-corrected chi connectivity index (χ4v) is 0.926. The highest BCUT2D eigenvalue weighted by molar-refractivity contribution is 6.27. The highest BCUT2D eigenvalue weighted by atomic mass is 35.5. The van der Waals surface area contributed by atoms with Gasteiger partial charge in [0.1, 0.15) is 5.78 Å². The second kappa shape index (κ2) is 7.63. The average molecular weight is 173 g/mol. The minimum absolute atomic E-state index is 0.132. The van der Waals surface area contributed by atoms with Gasteiger partial charge in [0.15, 0.2) is 0 Å². The lowest BCUT2D eigenvalue weighted by Crippen LogP contribution is -1.97. The summed E-state index contributed by atoms with van der Waals surface area (Å²) in [4.78, 5) is 10.7. The highest BCUT2D eigenvalue weighted by Crippen LogP contribution is 2.03. The number of halogens is 1. The minimum Gasteiger partial charge on any atom is -0.298 e. The van der Waals surface area contributed by atoms with Crippen LogP contribution in [0.2, 0.25) is 0 Å². The topological polar surface area (TPSA) is 17.1 Å². The number of carbonyl (C=O) groups is 1. The van der Waals surface area contributed by atoms with Crippen molar-refractivity contribution in [2.75, 3.05) is 5.88 Å². The van der Waals surface area contributed by atoms with E-state index in [1.807, 2.05) is 0 Å². The van der Waals surface area contributed by atoms with Crippen LogP contribution in [-0.4, -0.2) is 11.7 Å². The molecule has 62 valence electrons. The van der Waals surface area contributed by atoms with Crippen LogP contribution in [0.4, 0.5) is 0 Å². The van der Waals surface area contributed by atoms with Gasteiger partial charge in [0.2, 0.25) is 0 Å². The molecule has 0 aromatic carbocycles. The molecule has 0 atom stereocenters. The van der Waals surface area contributed by atoms with Crippen LogP contribution in [0, 0.1) is 12.3 Å². The Hall–Kier alpha value is -0.480. The molecule has 0 aliphatic carbocycles. The van der Waals surface area contributed by atoms with Crippen LogP contribution >= 0.6 is 11.6 Å². The Kier molecular flexibility index (Phi) is 7.29. The summed E-state index contributed by atoms with van der Waals surface area (Å²) in [5.74, 6) is 2.84. The monoisotopic (exact) mass is 172 g/mol. The van der Waals surface area contributed by atoms with E-state index in [0.717, 1.165) is 25.7 Å². The number of rotatable bonds is 6. The van der Waals surface area contributed by atoms with E-state index in [2.05, 4.69) is 5.92 Å². The molecule has 0 fully saturated rings. The molecule has 0 aliphatic heterocycles. The first-order valence-corrected chi connectivity index (χ1v) is 4.36. The Balaban J connectivity index is 3.03. The lowest BCUT2D eigenvalue weighted by atomic mass is 10.1. The van der Waals surface area contributed by atoms with Crippen LogP contribution in [0.15, 0.2) is 0 Å². The van der Waals surface area contributed by atoms with Crippen molar-refractivity contribution in [2.45, 2.75) is 32.1 Å². The minimum atomic E-state index is 0.132. The number of hydrogen-bond donors (Lipinski definition) is 0. The molecule has 0 radical (unpaired) electrons. The highest BCUT2D eigenvalue weighted by Gasteiger charge is 1.97. The van der Waals surface area contributed by atoms with Gasteiger partial charge in [-0.1, -0.05) is 6.42 Å². The van der Waals surface area contributed by atoms with E-state index in [0.29, 0.717) is 6.42 Å². The van der Waals surface area contributed by atoms with Crippen LogP contribution in [0.25, 0.3) is 0 Å². The first-order chi connectivity index (χ1) is 5.31. The molecule has 0 heterocycles. The number of ketones is 1. The normalized spacial score (nSPS) is 9.09. The van der Waals surface area contributed by atoms with Gasteiger partial charge >= 0.3 is 0 Å². The van der Waals surface area contributed by atoms with Crippen LogP contribution in [-0.2, 0) is 4.79 Å². The van der Waals surface area contributed by atoms with Crippen molar-refractivity contribution in [1.29, 1.82) is 0 Å². The van der Waals surface area contributed by atoms with Crippen molar-refractivity contribution in [3.63, 3.8) is 0 Å². The number of alkyl halides is 1. The predicted molar refractivity (Wildman–Crippen MR) is 47.6 cm³/mol. The van der Waals surface area contributed by atoms with Gasteiger partial charge in [-0.05, 0) is 12.8 Å². The number of unbranched alkanes of at least 4 members (excludes halogenated alkanes) is 3. The molecule has 0 aromatic heterocycles. The Bertz CT molecular complexity index is 146. The molecule has 0 aromatic rings. The van der Waals surface area contributed by atoms with E-state index in [1.165, 1.54) is 0 Å². The van der Waals surface area contributed by atoms with Gasteiger partial charge in [0.05, 0.1) is 5.88 Å². The summed E-state index contributed by atoms with van der Waals surface area (Å²) in [5, 5.41) is 0. The Morgan fingerprint density at radius 3 is 2.64 bits per heavy atom. The van der Waals surface area contributed by atoms with E-state index in [9.17, 15) is 4.79 Å². The number of terminal acetylenes is 1. The van der Waals surface area contributed by atoms with Gasteiger partial charge in [-0.2, -0.15) is 0 Å². The third kappa shape index (κ3) is 7.42. The van der Waals surface area contributed by atoms with Crippen LogP contribution in [0.5, 0.6) is 0 Å². The lowest BCUT2D eigenvalue weighted by molar-refractivity contribution is -0.116. The maximum atomic E-state index is 10.7. The van der Waals surface area contributed by atoms with Crippen molar-refractivity contribution < 1.29 is 4.79 Å². The SMILES string of the molecule is C#CCCCCCC(=O)CCl. The van der Waals surface area contributed by atoms with Gasteiger partial charge in [-0.3, -0.25) is 4.79 Å². The zero-order valence-electron chi connectivity index (χ0n) is 6.61. The third-order valence-electron chi connectivity index (χ3n) is 1.43. The summed E-state index contributed by atoms with van der Waals surface area (Å²) in [6.45, 7) is 0. The Labute approximate surface area is 73.1 Å². The summed E-state index contributed by atoms with van der Waals surface area (Å²) >= 11 is 5.31. The van der Waals surface area contributed by atoms with E-state index in [-0.39, 0.29) is 11.7 Å². The maximum Gasteiger partial charge on any atom is 0.147 e. The van der Waals surface area contributed by atoms with E-state index in [1.54, 1.807) is 0 Å². The van der Waals surface area contributed by atoms with Crippen LogP contribution < -0.4 is 0 Å². The van der Waals surface area contributed by atoms with Gasteiger partial charge in [-0.15, -0.1) is 23.9 Å². The predicted octanol–water partition coefficient (Wildman–Crippen LogP) is 2.38. The lowest BCUT2D eigenvalue weighted by Gasteiger charge is -1.95. The van der Waals surface area contributed by atoms with Gasteiger partial charge in [0, 0.05) is 12.8 Å². The second-order valence-electron chi connectivity index (χ2n) is 2.44. The molecule has 0 aliphatic rings. The zero-order chi connectivity index (χ0) is 8.53. The zero-order valence-corrected chi connectivity index (χ0v) is 7.36. The molecule has 1 nitrogen and oxygen atoms in total. The van der Waals surface area contributed by atoms with E-state index in [4.69, 9.17) is 18.0 Å². The van der Waals surface area contributed by atoms with Crippen molar-refractivity contribution >= 4 is 17.4 Å². The van der Waals surface area contributed by atoms with E-state index >= 15 is 0 Å². The molecule has 0 unspecified atom stereocenters. The quantitative estimate of drug-likeness (QED) is 0.342. The number of hydrogen-bond acceptors (Lipinski definition) is 1. The molecule has 0 saturated heterocycles. The summed E-state index contributed by atoms with van der Waals surface area (Å²) < 4.78 is 0. The van der Waals surface area contributed by atoms with Gasteiger partial charge < -0.3 is 0 Å². The Morgan fingerprint density at radius 1 is 1.36 bits per heavy atom. The molecule has 11 heavy (non-hydrogen) atoms. The van der Waals surface area contributed by atoms with Gasteiger partial charge in [-0.25, -0.2) is 0 Å².